The summed E-state index contributed by atoms with van der Waals surface area (Å²) in [5, 5.41) is 14.0. The molecule has 0 N–H and O–H groups in total. The lowest BCUT2D eigenvalue weighted by atomic mass is 9.96. The van der Waals surface area contributed by atoms with Crippen LogP contribution in [0.5, 0.6) is 0 Å². The van der Waals surface area contributed by atoms with E-state index in [1.54, 1.807) is 22.7 Å². The summed E-state index contributed by atoms with van der Waals surface area (Å²) in [4.78, 5) is 33.8. The van der Waals surface area contributed by atoms with Crippen molar-refractivity contribution in [3.8, 4) is 89.9 Å². The van der Waals surface area contributed by atoms with Crippen molar-refractivity contribution in [1.82, 2.24) is 34.9 Å². The molecule has 0 atom stereocenters. The van der Waals surface area contributed by atoms with Crippen molar-refractivity contribution < 1.29 is 8.83 Å². The van der Waals surface area contributed by atoms with Gasteiger partial charge in [-0.2, -0.15) is 0 Å². The minimum atomic E-state index is 0.637. The summed E-state index contributed by atoms with van der Waals surface area (Å²) < 4.78 is 17.5. The van der Waals surface area contributed by atoms with Gasteiger partial charge in [-0.15, -0.1) is 22.7 Å². The quantitative estimate of drug-likeness (QED) is 0.147. The van der Waals surface area contributed by atoms with Gasteiger partial charge in [0, 0.05) is 144 Å². The number of para-hydroxylation sites is 4. The molecule has 0 fully saturated rings. The summed E-state index contributed by atoms with van der Waals surface area (Å²) in [5.41, 5.74) is 16.7. The average molecular weight is 1260 g/mol. The van der Waals surface area contributed by atoms with Crippen LogP contribution in [-0.2, 0) is 0 Å². The predicted octanol–water partition coefficient (Wildman–Crippen LogP) is 23.3. The van der Waals surface area contributed by atoms with E-state index in [2.05, 4.69) is 206 Å². The highest BCUT2D eigenvalue weighted by atomic mass is 32.1. The molecule has 11 heteroatoms. The van der Waals surface area contributed by atoms with E-state index in [9.17, 15) is 0 Å². The minimum absolute atomic E-state index is 0.637. The van der Waals surface area contributed by atoms with Crippen molar-refractivity contribution in [2.45, 2.75) is 0 Å². The molecular weight excluding hydrogens is 1220 g/mol. The molecule has 20 rings (SSSR count). The first-order chi connectivity index (χ1) is 47.6. The monoisotopic (exact) mass is 1260 g/mol. The summed E-state index contributed by atoms with van der Waals surface area (Å²) in [5.74, 6) is 2.11. The van der Waals surface area contributed by atoms with Gasteiger partial charge in [0.15, 0.2) is 17.5 Å². The van der Waals surface area contributed by atoms with Gasteiger partial charge in [-0.05, 0) is 111 Å². The molecule has 0 unspecified atom stereocenters. The molecule has 0 spiro atoms. The average Bonchev–Trinajstić information content (AvgIpc) is 1.52. The first-order valence-corrected chi connectivity index (χ1v) is 33.3. The van der Waals surface area contributed by atoms with E-state index in [0.29, 0.717) is 5.82 Å². The highest BCUT2D eigenvalue weighted by Crippen LogP contribution is 2.43. The van der Waals surface area contributed by atoms with Crippen molar-refractivity contribution in [3.05, 3.63) is 298 Å². The Bertz CT molecular complexity index is 6060. The second-order valence-electron chi connectivity index (χ2n) is 23.9. The van der Waals surface area contributed by atoms with Crippen LogP contribution in [0.15, 0.2) is 307 Å². The van der Waals surface area contributed by atoms with Gasteiger partial charge >= 0.3 is 0 Å². The maximum atomic E-state index is 6.26. The molecule has 20 aromatic rings. The van der Waals surface area contributed by atoms with E-state index in [1.807, 2.05) is 91.9 Å². The van der Waals surface area contributed by atoms with Crippen LogP contribution >= 0.6 is 22.7 Å². The second-order valence-corrected chi connectivity index (χ2v) is 26.0. The SMILES string of the molecule is c1cc(-c2cnc(-c3cccc4c3oc3ccccc34)nc2)c2ccc(-c3cnc(-c4cccc5c4sc4ccccc45)nc3)cc2c1.c1cc(-c2cnc(-c3cccc4c3sc3ccccc34)nc2)c2ccc(-c3ccc(-c4cccc5c4oc4ccccc45)nc3)cc2c1. The zero-order valence-electron chi connectivity index (χ0n) is 51.1. The van der Waals surface area contributed by atoms with Crippen LogP contribution < -0.4 is 0 Å². The zero-order valence-corrected chi connectivity index (χ0v) is 52.7. The van der Waals surface area contributed by atoms with E-state index in [4.69, 9.17) is 43.7 Å². The van der Waals surface area contributed by atoms with Crippen molar-refractivity contribution in [2.75, 3.05) is 0 Å². The van der Waals surface area contributed by atoms with E-state index in [-0.39, 0.29) is 0 Å². The van der Waals surface area contributed by atoms with Crippen molar-refractivity contribution in [1.29, 1.82) is 0 Å². The third-order valence-corrected chi connectivity index (χ3v) is 20.8. The van der Waals surface area contributed by atoms with Crippen molar-refractivity contribution in [2.24, 2.45) is 0 Å². The summed E-state index contributed by atoms with van der Waals surface area (Å²) in [6.07, 6.45) is 13.5. The molecule has 96 heavy (non-hydrogen) atoms. The Morgan fingerprint density at radius 3 is 1.11 bits per heavy atom. The zero-order chi connectivity index (χ0) is 63.2. The number of nitrogens with zero attached hydrogens (tertiary/aromatic N) is 7. The van der Waals surface area contributed by atoms with Gasteiger partial charge in [0.1, 0.15) is 22.3 Å². The molecule has 448 valence electrons. The van der Waals surface area contributed by atoms with E-state index >= 15 is 0 Å². The van der Waals surface area contributed by atoms with Crippen LogP contribution in [0.1, 0.15) is 0 Å². The van der Waals surface area contributed by atoms with Crippen molar-refractivity contribution >= 4 is 128 Å². The highest BCUT2D eigenvalue weighted by molar-refractivity contribution is 7.26. The van der Waals surface area contributed by atoms with Crippen LogP contribution in [0.3, 0.4) is 0 Å². The molecule has 0 saturated carbocycles. The normalized spacial score (nSPS) is 11.8. The van der Waals surface area contributed by atoms with Crippen LogP contribution in [0, 0.1) is 0 Å². The number of benzene rings is 12. The van der Waals surface area contributed by atoms with Gasteiger partial charge in [-0.3, -0.25) is 4.98 Å². The fraction of sp³-hybridized carbons (Fsp3) is 0. The molecule has 0 aliphatic rings. The Morgan fingerprint density at radius 1 is 0.229 bits per heavy atom. The van der Waals surface area contributed by atoms with E-state index in [1.165, 1.54) is 40.3 Å². The molecule has 0 saturated heterocycles. The number of pyridine rings is 1. The Kier molecular flexibility index (Phi) is 13.1. The fourth-order valence-electron chi connectivity index (χ4n) is 13.7. The van der Waals surface area contributed by atoms with Gasteiger partial charge in [-0.1, -0.05) is 188 Å². The molecular formula is C85H49N7O2S2. The summed E-state index contributed by atoms with van der Waals surface area (Å²) in [6, 6.07) is 88.5. The number of hydrogen-bond acceptors (Lipinski definition) is 11. The maximum Gasteiger partial charge on any atom is 0.162 e. The number of furan rings is 2. The summed E-state index contributed by atoms with van der Waals surface area (Å²) >= 11 is 3.59. The first-order valence-electron chi connectivity index (χ1n) is 31.7. The fourth-order valence-corrected chi connectivity index (χ4v) is 16.1. The van der Waals surface area contributed by atoms with Gasteiger partial charge in [0.25, 0.3) is 0 Å². The number of thiophene rings is 2. The molecule has 0 radical (unpaired) electrons. The number of fused-ring (bicyclic) bond motifs is 14. The third kappa shape index (κ3) is 9.39. The number of rotatable bonds is 8. The van der Waals surface area contributed by atoms with Crippen LogP contribution in [0.25, 0.3) is 196 Å². The lowest BCUT2D eigenvalue weighted by Gasteiger charge is -2.10. The predicted molar refractivity (Wildman–Crippen MR) is 396 cm³/mol. The Morgan fingerprint density at radius 2 is 0.604 bits per heavy atom. The molecule has 0 aliphatic heterocycles. The van der Waals surface area contributed by atoms with Crippen LogP contribution in [0.4, 0.5) is 0 Å². The molecule has 8 heterocycles. The minimum Gasteiger partial charge on any atom is -0.455 e. The molecule has 8 aromatic heterocycles. The lowest BCUT2D eigenvalue weighted by Crippen LogP contribution is -1.92. The Labute approximate surface area is 556 Å². The van der Waals surface area contributed by atoms with E-state index in [0.717, 1.165) is 150 Å². The Balaban J connectivity index is 0.000000135. The smallest absolute Gasteiger partial charge is 0.162 e. The summed E-state index contributed by atoms with van der Waals surface area (Å²) in [6.45, 7) is 0. The van der Waals surface area contributed by atoms with Gasteiger partial charge in [-0.25, -0.2) is 29.9 Å². The maximum absolute atomic E-state index is 6.26. The lowest BCUT2D eigenvalue weighted by molar-refractivity contribution is 0.669. The van der Waals surface area contributed by atoms with Gasteiger partial charge in [0.05, 0.1) is 11.3 Å². The second kappa shape index (κ2) is 22.7. The third-order valence-electron chi connectivity index (χ3n) is 18.4. The van der Waals surface area contributed by atoms with Crippen LogP contribution in [0.2, 0.25) is 0 Å². The van der Waals surface area contributed by atoms with E-state index < -0.39 is 0 Å². The van der Waals surface area contributed by atoms with Crippen molar-refractivity contribution in [3.63, 3.8) is 0 Å². The van der Waals surface area contributed by atoms with Crippen LogP contribution in [-0.4, -0.2) is 34.9 Å². The molecule has 0 amide bonds. The molecule has 0 aliphatic carbocycles. The molecule has 0 bridgehead atoms. The highest BCUT2D eigenvalue weighted by Gasteiger charge is 2.19. The standard InChI is InChI=1S/C43H25N3OS.C42H24N4OS/c1-3-16-39-32(9-1)34-12-6-14-36(41(34)47-39)38-21-19-28(23-44-38)26-18-20-31-27(22-26)8-5-11-30(31)29-24-45-43(46-25-29)37-15-7-13-35-33-10-2-4-17-40(33)48-42(35)37;1-3-16-37-31(9-1)33-12-6-14-35(39(33)47-37)41-45-23-28(24-46-41)29-11-5-8-26-20-25(18-19-30(26)29)27-21-43-42(44-22-27)36-15-7-13-34-32-10-2-4-17-38(32)48-40(34)36/h1-25H;1-24H. The number of hydrogen-bond donors (Lipinski definition) is 0. The number of aromatic nitrogens is 7. The summed E-state index contributed by atoms with van der Waals surface area (Å²) in [7, 11) is 0. The largest absolute Gasteiger partial charge is 0.455 e. The Hall–Kier alpha value is -12.4. The topological polar surface area (TPSA) is 117 Å². The van der Waals surface area contributed by atoms with Gasteiger partial charge in [0.2, 0.25) is 0 Å². The molecule has 9 nitrogen and oxygen atoms in total. The van der Waals surface area contributed by atoms with Gasteiger partial charge < -0.3 is 8.83 Å². The molecule has 12 aromatic carbocycles. The first kappa shape index (κ1) is 55.2.